The Morgan fingerprint density at radius 1 is 1.14 bits per heavy atom. The monoisotopic (exact) mass is 618 g/mol. The minimum atomic E-state index is -3.38. The first-order chi connectivity index (χ1) is 21.1. The van der Waals surface area contributed by atoms with E-state index in [2.05, 4.69) is 35.4 Å². The maximum absolute atomic E-state index is 13.5. The largest absolute Gasteiger partial charge is 0.378 e. The quantitative estimate of drug-likeness (QED) is 0.255. The molecule has 0 spiro atoms. The number of amides is 1. The Kier molecular flexibility index (Phi) is 8.38. The van der Waals surface area contributed by atoms with Crippen molar-refractivity contribution in [1.82, 2.24) is 29.7 Å². The lowest BCUT2D eigenvalue weighted by molar-refractivity contribution is -0.123. The molecule has 3 aromatic heterocycles. The molecule has 3 N–H and O–H groups in total. The van der Waals surface area contributed by atoms with Gasteiger partial charge in [-0.15, -0.1) is 0 Å². The van der Waals surface area contributed by atoms with Crippen LogP contribution in [0.1, 0.15) is 24.5 Å². The van der Waals surface area contributed by atoms with Crippen LogP contribution in [-0.2, 0) is 19.4 Å². The molecule has 0 bridgehead atoms. The van der Waals surface area contributed by atoms with Crippen LogP contribution in [0.5, 0.6) is 0 Å². The molecule has 2 saturated heterocycles. The Labute approximate surface area is 257 Å². The second-order valence-corrected chi connectivity index (χ2v) is 13.5. The van der Waals surface area contributed by atoms with Gasteiger partial charge in [0.2, 0.25) is 11.9 Å². The Bertz CT molecular complexity index is 1800. The number of fused-ring (bicyclic) bond motifs is 1. The van der Waals surface area contributed by atoms with Crippen LogP contribution in [0.3, 0.4) is 0 Å². The number of aromatic nitrogens is 4. The van der Waals surface area contributed by atoms with Crippen molar-refractivity contribution in [2.24, 2.45) is 0 Å². The number of sulfone groups is 1. The predicted octanol–water partition coefficient (Wildman–Crippen LogP) is 3.52. The number of aromatic amines is 1. The van der Waals surface area contributed by atoms with Crippen LogP contribution in [0.2, 0.25) is 0 Å². The SMILES string of the molecule is CCC(C(=O)Nc1nccc2c(-c3nc(Nc4cccc(S(C)(=O)=O)c4C)ncc3C)c[nH]c12)N1CCN(C2COC2)CC1. The summed E-state index contributed by atoms with van der Waals surface area (Å²) in [5.74, 6) is 0.744. The van der Waals surface area contributed by atoms with E-state index < -0.39 is 9.84 Å². The second kappa shape index (κ2) is 12.2. The summed E-state index contributed by atoms with van der Waals surface area (Å²) >= 11 is 0. The van der Waals surface area contributed by atoms with E-state index in [1.807, 2.05) is 26.1 Å². The van der Waals surface area contributed by atoms with Crippen LogP contribution in [0, 0.1) is 13.8 Å². The number of rotatable bonds is 9. The molecule has 2 aliphatic rings. The summed E-state index contributed by atoms with van der Waals surface area (Å²) in [7, 11) is -3.38. The lowest BCUT2D eigenvalue weighted by Crippen LogP contribution is -2.59. The summed E-state index contributed by atoms with van der Waals surface area (Å²) in [6.45, 7) is 10.9. The number of hydrogen-bond acceptors (Lipinski definition) is 10. The van der Waals surface area contributed by atoms with Crippen molar-refractivity contribution in [3.63, 3.8) is 0 Å². The van der Waals surface area contributed by atoms with Crippen molar-refractivity contribution in [3.05, 3.63) is 54.0 Å². The first-order valence-electron chi connectivity index (χ1n) is 14.9. The zero-order chi connectivity index (χ0) is 31.0. The number of aryl methyl sites for hydroxylation is 1. The van der Waals surface area contributed by atoms with Gasteiger partial charge in [0.05, 0.1) is 41.4 Å². The van der Waals surface area contributed by atoms with Crippen LogP contribution in [0.15, 0.2) is 47.8 Å². The number of hydrogen-bond donors (Lipinski definition) is 3. The lowest BCUT2D eigenvalue weighted by Gasteiger charge is -2.44. The van der Waals surface area contributed by atoms with Crippen molar-refractivity contribution < 1.29 is 17.9 Å². The highest BCUT2D eigenvalue weighted by Gasteiger charge is 2.33. The maximum atomic E-state index is 13.5. The first-order valence-corrected chi connectivity index (χ1v) is 16.8. The number of pyridine rings is 1. The zero-order valence-corrected chi connectivity index (χ0v) is 26.2. The summed E-state index contributed by atoms with van der Waals surface area (Å²) in [5, 5.41) is 7.13. The summed E-state index contributed by atoms with van der Waals surface area (Å²) < 4.78 is 29.8. The molecule has 232 valence electrons. The average molecular weight is 619 g/mol. The number of nitrogens with one attached hydrogen (secondary N) is 3. The van der Waals surface area contributed by atoms with E-state index in [-0.39, 0.29) is 16.8 Å². The molecule has 1 unspecified atom stereocenters. The summed E-state index contributed by atoms with van der Waals surface area (Å²) in [6.07, 6.45) is 7.17. The second-order valence-electron chi connectivity index (χ2n) is 11.5. The third-order valence-electron chi connectivity index (χ3n) is 8.62. The fraction of sp³-hybridized carbons (Fsp3) is 0.419. The molecule has 2 fully saturated rings. The normalized spacial score (nSPS) is 17.4. The summed E-state index contributed by atoms with van der Waals surface area (Å²) in [5.41, 5.74) is 4.32. The molecule has 1 aromatic carbocycles. The lowest BCUT2D eigenvalue weighted by atomic mass is 10.1. The fourth-order valence-corrected chi connectivity index (χ4v) is 7.04. The van der Waals surface area contributed by atoms with Crippen LogP contribution >= 0.6 is 0 Å². The molecule has 0 radical (unpaired) electrons. The molecule has 13 heteroatoms. The molecule has 44 heavy (non-hydrogen) atoms. The molecule has 6 rings (SSSR count). The van der Waals surface area contributed by atoms with Crippen molar-refractivity contribution in [2.45, 2.75) is 44.2 Å². The van der Waals surface area contributed by atoms with Gasteiger partial charge in [0.25, 0.3) is 0 Å². The van der Waals surface area contributed by atoms with Crippen LogP contribution in [-0.4, -0.2) is 102 Å². The number of H-pyrrole nitrogens is 1. The standard InChI is InChI=1S/C31H38N8O4S/c1-5-25(39-13-11-38(12-14-39)21-17-43-18-21)30(40)37-29-28-22(9-10-32-29)23(16-33-28)27-19(2)15-34-31(36-27)35-24-7-6-8-26(20(24)3)44(4,41)42/h6-10,15-16,21,25,33H,5,11-14,17-18H2,1-4H3,(H,32,37,40)(H,34,35,36). The van der Waals surface area contributed by atoms with Gasteiger partial charge >= 0.3 is 0 Å². The van der Waals surface area contributed by atoms with Crippen molar-refractivity contribution in [3.8, 4) is 11.3 Å². The maximum Gasteiger partial charge on any atom is 0.242 e. The van der Waals surface area contributed by atoms with Gasteiger partial charge in [-0.1, -0.05) is 13.0 Å². The van der Waals surface area contributed by atoms with Gasteiger partial charge < -0.3 is 20.4 Å². The minimum Gasteiger partial charge on any atom is -0.378 e. The topological polar surface area (TPSA) is 145 Å². The number of carbonyl (C=O) groups excluding carboxylic acids is 1. The Balaban J connectivity index is 1.22. The van der Waals surface area contributed by atoms with E-state index >= 15 is 0 Å². The Morgan fingerprint density at radius 3 is 2.59 bits per heavy atom. The molecule has 5 heterocycles. The third-order valence-corrected chi connectivity index (χ3v) is 9.86. The first kappa shape index (κ1) is 30.1. The fourth-order valence-electron chi connectivity index (χ4n) is 6.05. The van der Waals surface area contributed by atoms with Gasteiger partial charge in [-0.25, -0.2) is 23.4 Å². The highest BCUT2D eigenvalue weighted by atomic mass is 32.2. The summed E-state index contributed by atoms with van der Waals surface area (Å²) in [4.78, 5) is 35.5. The molecule has 1 amide bonds. The number of piperazine rings is 1. The number of carbonyl (C=O) groups is 1. The van der Waals surface area contributed by atoms with Gasteiger partial charge in [0.15, 0.2) is 15.7 Å². The molecule has 12 nitrogen and oxygen atoms in total. The molecule has 1 atom stereocenters. The molecule has 0 aliphatic carbocycles. The molecular formula is C31H38N8O4S. The highest BCUT2D eigenvalue weighted by Crippen LogP contribution is 2.33. The third kappa shape index (κ3) is 5.92. The van der Waals surface area contributed by atoms with Crippen LogP contribution < -0.4 is 10.6 Å². The van der Waals surface area contributed by atoms with E-state index in [0.29, 0.717) is 46.7 Å². The van der Waals surface area contributed by atoms with Gasteiger partial charge in [-0.05, 0) is 49.6 Å². The van der Waals surface area contributed by atoms with E-state index in [9.17, 15) is 13.2 Å². The van der Waals surface area contributed by atoms with Gasteiger partial charge in [-0.2, -0.15) is 0 Å². The highest BCUT2D eigenvalue weighted by molar-refractivity contribution is 7.90. The van der Waals surface area contributed by atoms with Crippen molar-refractivity contribution in [1.29, 1.82) is 0 Å². The van der Waals surface area contributed by atoms with E-state index in [4.69, 9.17) is 9.72 Å². The number of ether oxygens (including phenoxy) is 1. The average Bonchev–Trinajstić information content (AvgIpc) is 3.40. The number of anilines is 3. The van der Waals surface area contributed by atoms with E-state index in [1.165, 1.54) is 6.26 Å². The van der Waals surface area contributed by atoms with Gasteiger partial charge in [-0.3, -0.25) is 14.6 Å². The van der Waals surface area contributed by atoms with E-state index in [1.54, 1.807) is 37.5 Å². The van der Waals surface area contributed by atoms with Crippen molar-refractivity contribution in [2.75, 3.05) is 56.3 Å². The predicted molar refractivity (Wildman–Crippen MR) is 170 cm³/mol. The molecule has 0 saturated carbocycles. The zero-order valence-electron chi connectivity index (χ0n) is 25.4. The van der Waals surface area contributed by atoms with Crippen LogP contribution in [0.4, 0.5) is 17.5 Å². The number of nitrogens with zero attached hydrogens (tertiary/aromatic N) is 5. The van der Waals surface area contributed by atoms with E-state index in [0.717, 1.165) is 55.9 Å². The minimum absolute atomic E-state index is 0.0690. The Hall–Kier alpha value is -3.91. The summed E-state index contributed by atoms with van der Waals surface area (Å²) in [6, 6.07) is 7.23. The van der Waals surface area contributed by atoms with Crippen LogP contribution in [0.25, 0.3) is 22.2 Å². The van der Waals surface area contributed by atoms with Crippen molar-refractivity contribution >= 4 is 44.1 Å². The Morgan fingerprint density at radius 2 is 1.91 bits per heavy atom. The van der Waals surface area contributed by atoms with Gasteiger partial charge in [0.1, 0.15) is 0 Å². The molecule has 4 aromatic rings. The smallest absolute Gasteiger partial charge is 0.242 e. The molecular weight excluding hydrogens is 580 g/mol. The molecule has 2 aliphatic heterocycles. The van der Waals surface area contributed by atoms with Gasteiger partial charge in [0, 0.05) is 67.7 Å². The number of benzene rings is 1.